The highest BCUT2D eigenvalue weighted by Gasteiger charge is 2.12. The van der Waals surface area contributed by atoms with E-state index < -0.39 is 0 Å². The van der Waals surface area contributed by atoms with Crippen molar-refractivity contribution in [2.24, 2.45) is 16.8 Å². The molecule has 0 aromatic heterocycles. The third kappa shape index (κ3) is 4.60. The van der Waals surface area contributed by atoms with Gasteiger partial charge in [-0.2, -0.15) is 11.8 Å². The average molecular weight is 232 g/mol. The summed E-state index contributed by atoms with van der Waals surface area (Å²) in [5.41, 5.74) is 0. The third-order valence-electron chi connectivity index (χ3n) is 2.10. The fourth-order valence-corrected chi connectivity index (χ4v) is 2.86. The lowest BCUT2D eigenvalue weighted by molar-refractivity contribution is 0.628. The zero-order valence-corrected chi connectivity index (χ0v) is 10.9. The van der Waals surface area contributed by atoms with Crippen molar-refractivity contribution < 1.29 is 0 Å². The van der Waals surface area contributed by atoms with Crippen molar-refractivity contribution in [2.75, 3.05) is 30.9 Å². The normalized spacial score (nSPS) is 24.2. The van der Waals surface area contributed by atoms with Crippen LogP contribution in [0.1, 0.15) is 13.8 Å². The monoisotopic (exact) mass is 232 g/mol. The van der Waals surface area contributed by atoms with Crippen LogP contribution in [0.25, 0.3) is 0 Å². The van der Waals surface area contributed by atoms with Crippen LogP contribution in [0.4, 0.5) is 0 Å². The van der Waals surface area contributed by atoms with Crippen LogP contribution in [-0.2, 0) is 0 Å². The Morgan fingerprint density at radius 1 is 1.71 bits per heavy atom. The van der Waals surface area contributed by atoms with Crippen LogP contribution in [0.15, 0.2) is 4.99 Å². The van der Waals surface area contributed by atoms with Crippen LogP contribution in [-0.4, -0.2) is 36.0 Å². The molecule has 0 aromatic carbocycles. The predicted molar refractivity (Wildman–Crippen MR) is 69.5 cm³/mol. The van der Waals surface area contributed by atoms with Crippen LogP contribution in [0, 0.1) is 11.8 Å². The number of aliphatic imine (C=N–C) groups is 1. The Hall–Kier alpha value is 0.170. The number of hydrogen-bond acceptors (Lipinski definition) is 4. The maximum Gasteiger partial charge on any atom is 0.156 e. The summed E-state index contributed by atoms with van der Waals surface area (Å²) in [7, 11) is 0. The topological polar surface area (TPSA) is 24.4 Å². The van der Waals surface area contributed by atoms with Gasteiger partial charge in [0.05, 0.1) is 0 Å². The quantitative estimate of drug-likeness (QED) is 0.805. The van der Waals surface area contributed by atoms with E-state index in [-0.39, 0.29) is 0 Å². The van der Waals surface area contributed by atoms with E-state index >= 15 is 0 Å². The maximum atomic E-state index is 4.50. The summed E-state index contributed by atoms with van der Waals surface area (Å²) in [4.78, 5) is 4.50. The Kier molecular flexibility index (Phi) is 5.78. The van der Waals surface area contributed by atoms with Gasteiger partial charge in [-0.25, -0.2) is 0 Å². The van der Waals surface area contributed by atoms with E-state index in [1.807, 2.05) is 23.5 Å². The van der Waals surface area contributed by atoms with Crippen molar-refractivity contribution >= 4 is 28.7 Å². The lowest BCUT2D eigenvalue weighted by Crippen LogP contribution is -2.30. The summed E-state index contributed by atoms with van der Waals surface area (Å²) >= 11 is 3.77. The summed E-state index contributed by atoms with van der Waals surface area (Å²) < 4.78 is 0. The molecule has 82 valence electrons. The van der Waals surface area contributed by atoms with Crippen molar-refractivity contribution in [3.8, 4) is 0 Å². The first-order chi connectivity index (χ1) is 6.72. The van der Waals surface area contributed by atoms with Crippen molar-refractivity contribution in [3.05, 3.63) is 0 Å². The highest BCUT2D eigenvalue weighted by molar-refractivity contribution is 8.13. The molecule has 0 aliphatic carbocycles. The molecule has 0 saturated carbocycles. The van der Waals surface area contributed by atoms with Gasteiger partial charge in [-0.1, -0.05) is 25.6 Å². The highest BCUT2D eigenvalue weighted by Crippen LogP contribution is 2.15. The number of nitrogens with zero attached hydrogens (tertiary/aromatic N) is 1. The second kappa shape index (κ2) is 6.62. The molecular formula is C10H20N2S2. The minimum Gasteiger partial charge on any atom is -0.365 e. The van der Waals surface area contributed by atoms with Crippen molar-refractivity contribution in [3.63, 3.8) is 0 Å². The zero-order chi connectivity index (χ0) is 10.4. The first-order valence-corrected chi connectivity index (χ1v) is 7.50. The molecule has 0 radical (unpaired) electrons. The summed E-state index contributed by atoms with van der Waals surface area (Å²) in [6.45, 7) is 6.58. The molecule has 1 rings (SSSR count). The Morgan fingerprint density at radius 2 is 2.50 bits per heavy atom. The molecule has 0 bridgehead atoms. The second-order valence-corrected chi connectivity index (χ2v) is 5.92. The van der Waals surface area contributed by atoms with E-state index in [2.05, 4.69) is 30.4 Å². The third-order valence-corrected chi connectivity index (χ3v) is 4.29. The van der Waals surface area contributed by atoms with Crippen LogP contribution < -0.4 is 5.32 Å². The second-order valence-electron chi connectivity index (χ2n) is 4.00. The van der Waals surface area contributed by atoms with E-state index in [0.29, 0.717) is 0 Å². The van der Waals surface area contributed by atoms with Gasteiger partial charge in [-0.05, 0) is 23.8 Å². The molecule has 2 nitrogen and oxygen atoms in total. The molecule has 0 aromatic rings. The summed E-state index contributed by atoms with van der Waals surface area (Å²) in [6.07, 6.45) is 2.16. The Balaban J connectivity index is 2.18. The fraction of sp³-hybridized carbons (Fsp3) is 0.900. The van der Waals surface area contributed by atoms with Gasteiger partial charge in [-0.3, -0.25) is 4.99 Å². The standard InChI is InChI=1S/C10H20N2S2/c1-8(6-13-3)4-11-10-12-5-9(2)7-14-10/h8-9H,4-7H2,1-3H3,(H,11,12). The molecule has 1 aliphatic heterocycles. The summed E-state index contributed by atoms with van der Waals surface area (Å²) in [5.74, 6) is 3.91. The van der Waals surface area contributed by atoms with Crippen LogP contribution in [0.2, 0.25) is 0 Å². The van der Waals surface area contributed by atoms with E-state index in [0.717, 1.165) is 30.1 Å². The van der Waals surface area contributed by atoms with Crippen molar-refractivity contribution in [2.45, 2.75) is 13.8 Å². The fourth-order valence-electron chi connectivity index (χ4n) is 1.27. The summed E-state index contributed by atoms with van der Waals surface area (Å²) in [5, 5.41) is 4.58. The van der Waals surface area contributed by atoms with Gasteiger partial charge in [0, 0.05) is 18.8 Å². The molecule has 1 aliphatic rings. The molecular weight excluding hydrogens is 212 g/mol. The van der Waals surface area contributed by atoms with Crippen molar-refractivity contribution in [1.29, 1.82) is 0 Å². The molecule has 2 unspecified atom stereocenters. The number of thioether (sulfide) groups is 2. The van der Waals surface area contributed by atoms with Crippen LogP contribution >= 0.6 is 23.5 Å². The number of amidine groups is 1. The molecule has 4 heteroatoms. The lowest BCUT2D eigenvalue weighted by Gasteiger charge is -2.19. The van der Waals surface area contributed by atoms with Crippen LogP contribution in [0.5, 0.6) is 0 Å². The van der Waals surface area contributed by atoms with Gasteiger partial charge in [0.1, 0.15) is 0 Å². The van der Waals surface area contributed by atoms with Crippen molar-refractivity contribution in [1.82, 2.24) is 5.32 Å². The maximum absolute atomic E-state index is 4.50. The number of rotatable bonds is 4. The molecule has 0 amide bonds. The van der Waals surface area contributed by atoms with Gasteiger partial charge in [0.2, 0.25) is 0 Å². The zero-order valence-electron chi connectivity index (χ0n) is 9.25. The first-order valence-electron chi connectivity index (χ1n) is 5.12. The highest BCUT2D eigenvalue weighted by atomic mass is 32.2. The largest absolute Gasteiger partial charge is 0.365 e. The Bertz CT molecular complexity index is 195. The Morgan fingerprint density at radius 3 is 3.07 bits per heavy atom. The first kappa shape index (κ1) is 12.2. The summed E-state index contributed by atoms with van der Waals surface area (Å²) in [6, 6.07) is 0. The Labute approximate surface area is 95.7 Å². The van der Waals surface area contributed by atoms with E-state index in [1.165, 1.54) is 11.5 Å². The van der Waals surface area contributed by atoms with Gasteiger partial charge < -0.3 is 5.32 Å². The van der Waals surface area contributed by atoms with E-state index in [4.69, 9.17) is 0 Å². The van der Waals surface area contributed by atoms with Gasteiger partial charge in [0.15, 0.2) is 5.17 Å². The molecule has 14 heavy (non-hydrogen) atoms. The van der Waals surface area contributed by atoms with Crippen LogP contribution in [0.3, 0.4) is 0 Å². The molecule has 0 fully saturated rings. The van der Waals surface area contributed by atoms with E-state index in [1.54, 1.807) is 0 Å². The molecule has 2 atom stereocenters. The minimum atomic E-state index is 0.729. The smallest absolute Gasteiger partial charge is 0.156 e. The number of hydrogen-bond donors (Lipinski definition) is 1. The lowest BCUT2D eigenvalue weighted by atomic mass is 10.2. The SMILES string of the molecule is CSCC(C)CNC1=NCC(C)CS1. The number of nitrogens with one attached hydrogen (secondary N) is 1. The predicted octanol–water partition coefficient (Wildman–Crippen LogP) is 2.31. The molecule has 0 spiro atoms. The van der Waals surface area contributed by atoms with Gasteiger partial charge >= 0.3 is 0 Å². The average Bonchev–Trinajstić information content (AvgIpc) is 2.17. The van der Waals surface area contributed by atoms with Gasteiger partial charge in [0.25, 0.3) is 0 Å². The molecule has 1 N–H and O–H groups in total. The van der Waals surface area contributed by atoms with Gasteiger partial charge in [-0.15, -0.1) is 0 Å². The molecule has 0 saturated heterocycles. The van der Waals surface area contributed by atoms with E-state index in [9.17, 15) is 0 Å². The minimum absolute atomic E-state index is 0.729. The molecule has 1 heterocycles.